The van der Waals surface area contributed by atoms with E-state index in [2.05, 4.69) is 24.3 Å². The molecule has 1 aromatic carbocycles. The molecule has 5 nitrogen and oxygen atoms in total. The Balaban J connectivity index is 2.22. The normalized spacial score (nSPS) is 12.4. The highest BCUT2D eigenvalue weighted by Crippen LogP contribution is 2.22. The van der Waals surface area contributed by atoms with Gasteiger partial charge in [-0.3, -0.25) is 4.79 Å². The number of hydrogen-bond acceptors (Lipinski definition) is 3. The summed E-state index contributed by atoms with van der Waals surface area (Å²) in [5.41, 5.74) is 7.78. The Morgan fingerprint density at radius 2 is 2.09 bits per heavy atom. The number of benzene rings is 1. The number of hydrogen-bond donors (Lipinski definition) is 2. The van der Waals surface area contributed by atoms with E-state index >= 15 is 0 Å². The Kier molecular flexibility index (Phi) is 5.80. The molecule has 2 aromatic rings. The molecular weight excluding hydrogens is 312 g/mol. The van der Waals surface area contributed by atoms with Crippen molar-refractivity contribution >= 4 is 17.5 Å². The van der Waals surface area contributed by atoms with E-state index in [0.717, 1.165) is 17.8 Å². The molecule has 124 valence electrons. The first-order valence-corrected chi connectivity index (χ1v) is 8.12. The Bertz CT molecular complexity index is 681. The quantitative estimate of drug-likeness (QED) is 0.853. The van der Waals surface area contributed by atoms with Crippen molar-refractivity contribution in [3.8, 4) is 5.69 Å². The van der Waals surface area contributed by atoms with Gasteiger partial charge < -0.3 is 11.1 Å². The standard InChI is InChI=1S/C17H23ClN4O/c1-11(2)8-13(9-19)21-17(23)14-10-20-22(12(14)3)16-7-5-4-6-15(16)18/h4-7,10-11,13H,8-9,19H2,1-3H3,(H,21,23). The first-order chi connectivity index (χ1) is 10.9. The monoisotopic (exact) mass is 334 g/mol. The molecule has 1 heterocycles. The van der Waals surface area contributed by atoms with Crippen molar-refractivity contribution in [1.82, 2.24) is 15.1 Å². The van der Waals surface area contributed by atoms with E-state index in [-0.39, 0.29) is 11.9 Å². The van der Waals surface area contributed by atoms with Crippen molar-refractivity contribution in [2.24, 2.45) is 11.7 Å². The summed E-state index contributed by atoms with van der Waals surface area (Å²) in [7, 11) is 0. The number of rotatable bonds is 6. The molecule has 0 saturated heterocycles. The number of carbonyl (C=O) groups is 1. The number of para-hydroxylation sites is 1. The fourth-order valence-electron chi connectivity index (χ4n) is 2.55. The minimum Gasteiger partial charge on any atom is -0.348 e. The zero-order chi connectivity index (χ0) is 17.0. The predicted octanol–water partition coefficient (Wildman–Crippen LogP) is 2.94. The highest BCUT2D eigenvalue weighted by atomic mass is 35.5. The van der Waals surface area contributed by atoms with E-state index in [4.69, 9.17) is 17.3 Å². The summed E-state index contributed by atoms with van der Waals surface area (Å²) in [4.78, 5) is 12.5. The van der Waals surface area contributed by atoms with Crippen LogP contribution in [0.2, 0.25) is 5.02 Å². The largest absolute Gasteiger partial charge is 0.348 e. The van der Waals surface area contributed by atoms with Crippen LogP contribution in [0.1, 0.15) is 36.3 Å². The van der Waals surface area contributed by atoms with Crippen molar-refractivity contribution < 1.29 is 4.79 Å². The smallest absolute Gasteiger partial charge is 0.255 e. The fourth-order valence-corrected chi connectivity index (χ4v) is 2.76. The van der Waals surface area contributed by atoms with E-state index < -0.39 is 0 Å². The minimum atomic E-state index is -0.156. The van der Waals surface area contributed by atoms with Crippen molar-refractivity contribution in [2.45, 2.75) is 33.2 Å². The third-order valence-electron chi connectivity index (χ3n) is 3.71. The topological polar surface area (TPSA) is 72.9 Å². The predicted molar refractivity (Wildman–Crippen MR) is 93.1 cm³/mol. The Hall–Kier alpha value is -1.85. The van der Waals surface area contributed by atoms with Gasteiger partial charge in [-0.1, -0.05) is 37.6 Å². The lowest BCUT2D eigenvalue weighted by Gasteiger charge is -2.18. The van der Waals surface area contributed by atoms with Crippen LogP contribution in [0.4, 0.5) is 0 Å². The van der Waals surface area contributed by atoms with Crippen LogP contribution in [0.15, 0.2) is 30.5 Å². The van der Waals surface area contributed by atoms with Gasteiger partial charge in [-0.05, 0) is 31.4 Å². The molecule has 0 aliphatic rings. The second kappa shape index (κ2) is 7.62. The van der Waals surface area contributed by atoms with Gasteiger partial charge in [0.25, 0.3) is 5.91 Å². The number of aromatic nitrogens is 2. The van der Waals surface area contributed by atoms with Gasteiger partial charge in [-0.2, -0.15) is 5.10 Å². The molecule has 0 spiro atoms. The molecule has 1 aromatic heterocycles. The van der Waals surface area contributed by atoms with Gasteiger partial charge >= 0.3 is 0 Å². The summed E-state index contributed by atoms with van der Waals surface area (Å²) in [6.45, 7) is 6.48. The Labute approximate surface area is 141 Å². The van der Waals surface area contributed by atoms with Crippen LogP contribution < -0.4 is 11.1 Å². The van der Waals surface area contributed by atoms with Crippen molar-refractivity contribution in [3.63, 3.8) is 0 Å². The molecule has 3 N–H and O–H groups in total. The summed E-state index contributed by atoms with van der Waals surface area (Å²) in [5, 5.41) is 7.87. The summed E-state index contributed by atoms with van der Waals surface area (Å²) in [6.07, 6.45) is 2.41. The number of amides is 1. The minimum absolute atomic E-state index is 0.0365. The molecule has 0 aliphatic heterocycles. The zero-order valence-electron chi connectivity index (χ0n) is 13.7. The Morgan fingerprint density at radius 3 is 2.70 bits per heavy atom. The second-order valence-corrected chi connectivity index (χ2v) is 6.45. The summed E-state index contributed by atoms with van der Waals surface area (Å²) in [6, 6.07) is 7.37. The molecule has 0 bridgehead atoms. The van der Waals surface area contributed by atoms with E-state index in [1.165, 1.54) is 0 Å². The maximum Gasteiger partial charge on any atom is 0.255 e. The van der Waals surface area contributed by atoms with Gasteiger partial charge in [0.15, 0.2) is 0 Å². The highest BCUT2D eigenvalue weighted by molar-refractivity contribution is 6.32. The van der Waals surface area contributed by atoms with Crippen LogP contribution in [-0.2, 0) is 0 Å². The molecule has 1 unspecified atom stereocenters. The van der Waals surface area contributed by atoms with Crippen molar-refractivity contribution in [1.29, 1.82) is 0 Å². The van der Waals surface area contributed by atoms with Crippen LogP contribution in [0.3, 0.4) is 0 Å². The van der Waals surface area contributed by atoms with Gasteiger partial charge in [0.1, 0.15) is 0 Å². The maximum atomic E-state index is 12.5. The van der Waals surface area contributed by atoms with Crippen LogP contribution in [0.5, 0.6) is 0 Å². The molecule has 0 saturated carbocycles. The molecule has 23 heavy (non-hydrogen) atoms. The van der Waals surface area contributed by atoms with E-state index in [0.29, 0.717) is 23.0 Å². The van der Waals surface area contributed by atoms with Gasteiger partial charge in [0.2, 0.25) is 0 Å². The van der Waals surface area contributed by atoms with Crippen LogP contribution in [0.25, 0.3) is 5.69 Å². The first-order valence-electron chi connectivity index (χ1n) is 7.74. The number of nitrogens with zero attached hydrogens (tertiary/aromatic N) is 2. The SMILES string of the molecule is Cc1c(C(=O)NC(CN)CC(C)C)cnn1-c1ccccc1Cl. The lowest BCUT2D eigenvalue weighted by molar-refractivity contribution is 0.0933. The number of nitrogens with two attached hydrogens (primary N) is 1. The fraction of sp³-hybridized carbons (Fsp3) is 0.412. The number of nitrogens with one attached hydrogen (secondary N) is 1. The summed E-state index contributed by atoms with van der Waals surface area (Å²) >= 11 is 6.21. The molecule has 1 atom stereocenters. The van der Waals surface area contributed by atoms with Gasteiger partial charge in [-0.25, -0.2) is 4.68 Å². The summed E-state index contributed by atoms with van der Waals surface area (Å²) < 4.78 is 1.68. The van der Waals surface area contributed by atoms with E-state index in [1.54, 1.807) is 16.9 Å². The number of carbonyl (C=O) groups excluding carboxylic acids is 1. The molecule has 0 radical (unpaired) electrons. The highest BCUT2D eigenvalue weighted by Gasteiger charge is 2.19. The lowest BCUT2D eigenvalue weighted by Crippen LogP contribution is -2.41. The van der Waals surface area contributed by atoms with Crippen molar-refractivity contribution in [3.05, 3.63) is 46.7 Å². The van der Waals surface area contributed by atoms with Crippen LogP contribution in [0, 0.1) is 12.8 Å². The molecule has 0 aliphatic carbocycles. The average molecular weight is 335 g/mol. The maximum absolute atomic E-state index is 12.5. The molecular formula is C17H23ClN4O. The van der Waals surface area contributed by atoms with E-state index in [1.807, 2.05) is 25.1 Å². The van der Waals surface area contributed by atoms with Gasteiger partial charge in [-0.15, -0.1) is 0 Å². The van der Waals surface area contributed by atoms with Crippen LogP contribution in [-0.4, -0.2) is 28.3 Å². The Morgan fingerprint density at radius 1 is 1.39 bits per heavy atom. The molecule has 2 rings (SSSR count). The average Bonchev–Trinajstić information content (AvgIpc) is 2.88. The van der Waals surface area contributed by atoms with Crippen LogP contribution >= 0.6 is 11.6 Å². The first kappa shape index (κ1) is 17.5. The summed E-state index contributed by atoms with van der Waals surface area (Å²) in [5.74, 6) is 0.313. The van der Waals surface area contributed by atoms with Crippen molar-refractivity contribution in [2.75, 3.05) is 6.54 Å². The van der Waals surface area contributed by atoms with Gasteiger partial charge in [0, 0.05) is 12.6 Å². The van der Waals surface area contributed by atoms with E-state index in [9.17, 15) is 4.79 Å². The number of halogens is 1. The molecule has 6 heteroatoms. The molecule has 1 amide bonds. The third kappa shape index (κ3) is 4.12. The zero-order valence-corrected chi connectivity index (χ0v) is 14.5. The second-order valence-electron chi connectivity index (χ2n) is 6.04. The third-order valence-corrected chi connectivity index (χ3v) is 4.03. The molecule has 0 fully saturated rings. The lowest BCUT2D eigenvalue weighted by atomic mass is 10.0. The van der Waals surface area contributed by atoms with Gasteiger partial charge in [0.05, 0.1) is 28.2 Å².